The standard InChI is InChI=1S/C21H21N3O5/c25-20-18(22-8-12-5-6-15-16(7-12)28-11-27-15)17-9-26-21(29-17)19(20)24-10-23-13-3-1-2-4-14(13)24/h1-7,10,17-22,25H,8-9,11H2/t17-,18-,19-,20+,21-/m1/s1. The van der Waals surface area contributed by atoms with Gasteiger partial charge in [0.05, 0.1) is 36.1 Å². The number of aromatic nitrogens is 2. The first-order valence-electron chi connectivity index (χ1n) is 9.76. The molecule has 2 bridgehead atoms. The summed E-state index contributed by atoms with van der Waals surface area (Å²) in [4.78, 5) is 4.46. The summed E-state index contributed by atoms with van der Waals surface area (Å²) in [5.74, 6) is 1.51. The van der Waals surface area contributed by atoms with E-state index in [0.29, 0.717) is 13.2 Å². The Bertz CT molecular complexity index is 1050. The number of nitrogens with one attached hydrogen (secondary N) is 1. The van der Waals surface area contributed by atoms with Crippen molar-refractivity contribution in [3.63, 3.8) is 0 Å². The molecule has 2 aromatic carbocycles. The van der Waals surface area contributed by atoms with Crippen molar-refractivity contribution in [2.45, 2.75) is 37.1 Å². The fourth-order valence-electron chi connectivity index (χ4n) is 4.45. The van der Waals surface area contributed by atoms with Crippen molar-refractivity contribution in [2.75, 3.05) is 13.4 Å². The van der Waals surface area contributed by atoms with Crippen LogP contribution in [0, 0.1) is 0 Å². The van der Waals surface area contributed by atoms with Gasteiger partial charge in [0.2, 0.25) is 6.79 Å². The van der Waals surface area contributed by atoms with Gasteiger partial charge >= 0.3 is 0 Å². The lowest BCUT2D eigenvalue weighted by Gasteiger charge is -2.39. The van der Waals surface area contributed by atoms with Crippen LogP contribution in [0.5, 0.6) is 11.5 Å². The number of imidazole rings is 1. The molecule has 8 nitrogen and oxygen atoms in total. The molecule has 3 aliphatic rings. The maximum Gasteiger partial charge on any atom is 0.231 e. The predicted octanol–water partition coefficient (Wildman–Crippen LogP) is 1.58. The lowest BCUT2D eigenvalue weighted by atomic mass is 9.95. The Balaban J connectivity index is 1.26. The molecule has 150 valence electrons. The Labute approximate surface area is 167 Å². The molecule has 0 saturated carbocycles. The highest BCUT2D eigenvalue weighted by Gasteiger charge is 2.51. The monoisotopic (exact) mass is 395 g/mol. The average Bonchev–Trinajstić information content (AvgIpc) is 3.47. The van der Waals surface area contributed by atoms with Gasteiger partial charge in [0.25, 0.3) is 0 Å². The maximum atomic E-state index is 11.3. The number of para-hydroxylation sites is 2. The third-order valence-corrected chi connectivity index (χ3v) is 5.91. The van der Waals surface area contributed by atoms with Gasteiger partial charge in [0, 0.05) is 6.54 Å². The number of benzene rings is 2. The van der Waals surface area contributed by atoms with Crippen LogP contribution in [-0.2, 0) is 16.0 Å². The van der Waals surface area contributed by atoms with Gasteiger partial charge in [0.15, 0.2) is 17.8 Å². The normalized spacial score (nSPS) is 30.2. The van der Waals surface area contributed by atoms with Crippen LogP contribution < -0.4 is 14.8 Å². The van der Waals surface area contributed by atoms with E-state index in [1.165, 1.54) is 0 Å². The number of ether oxygens (including phenoxy) is 4. The Morgan fingerprint density at radius 2 is 2.03 bits per heavy atom. The zero-order valence-corrected chi connectivity index (χ0v) is 15.6. The van der Waals surface area contributed by atoms with Crippen LogP contribution in [0.25, 0.3) is 11.0 Å². The predicted molar refractivity (Wildman–Crippen MR) is 103 cm³/mol. The molecule has 0 unspecified atom stereocenters. The number of fused-ring (bicyclic) bond motifs is 4. The van der Waals surface area contributed by atoms with Gasteiger partial charge in [-0.25, -0.2) is 4.98 Å². The minimum atomic E-state index is -0.687. The summed E-state index contributed by atoms with van der Waals surface area (Å²) in [5, 5.41) is 14.7. The molecule has 0 radical (unpaired) electrons. The van der Waals surface area contributed by atoms with Crippen LogP contribution in [0.2, 0.25) is 0 Å². The Morgan fingerprint density at radius 3 is 3.00 bits per heavy atom. The Morgan fingerprint density at radius 1 is 1.14 bits per heavy atom. The van der Waals surface area contributed by atoms with Crippen LogP contribution in [0.1, 0.15) is 11.6 Å². The van der Waals surface area contributed by atoms with Crippen LogP contribution in [0.4, 0.5) is 0 Å². The highest BCUT2D eigenvalue weighted by Crippen LogP contribution is 2.38. The molecule has 8 heteroatoms. The number of aliphatic hydroxyl groups is 1. The molecule has 3 aromatic rings. The third kappa shape index (κ3) is 2.79. The molecule has 0 amide bonds. The second-order valence-corrected chi connectivity index (χ2v) is 7.59. The fourth-order valence-corrected chi connectivity index (χ4v) is 4.45. The summed E-state index contributed by atoms with van der Waals surface area (Å²) in [6, 6.07) is 13.1. The summed E-state index contributed by atoms with van der Waals surface area (Å²) in [5.41, 5.74) is 2.88. The first-order valence-corrected chi connectivity index (χ1v) is 9.76. The number of hydrogen-bond donors (Lipinski definition) is 2. The number of nitrogens with zero attached hydrogens (tertiary/aromatic N) is 2. The van der Waals surface area contributed by atoms with Gasteiger partial charge in [-0.2, -0.15) is 0 Å². The molecule has 29 heavy (non-hydrogen) atoms. The van der Waals surface area contributed by atoms with E-state index < -0.39 is 12.4 Å². The van der Waals surface area contributed by atoms with Gasteiger partial charge in [-0.1, -0.05) is 18.2 Å². The second kappa shape index (κ2) is 6.70. The summed E-state index contributed by atoms with van der Waals surface area (Å²) in [6.45, 7) is 1.27. The first-order chi connectivity index (χ1) is 14.3. The Hall–Kier alpha value is -2.65. The number of aliphatic hydroxyl groups excluding tert-OH is 1. The summed E-state index contributed by atoms with van der Waals surface area (Å²) in [6.07, 6.45) is 0.373. The highest BCUT2D eigenvalue weighted by molar-refractivity contribution is 5.75. The smallest absolute Gasteiger partial charge is 0.231 e. The van der Waals surface area contributed by atoms with E-state index >= 15 is 0 Å². The van der Waals surface area contributed by atoms with Crippen molar-refractivity contribution >= 4 is 11.0 Å². The van der Waals surface area contributed by atoms with E-state index in [1.54, 1.807) is 6.33 Å². The maximum absolute atomic E-state index is 11.3. The van der Waals surface area contributed by atoms with Gasteiger partial charge in [0.1, 0.15) is 12.1 Å². The average molecular weight is 395 g/mol. The van der Waals surface area contributed by atoms with Crippen LogP contribution in [0.3, 0.4) is 0 Å². The minimum absolute atomic E-state index is 0.199. The molecule has 0 aliphatic carbocycles. The van der Waals surface area contributed by atoms with E-state index in [0.717, 1.165) is 28.1 Å². The van der Waals surface area contributed by atoms with E-state index in [9.17, 15) is 5.11 Å². The van der Waals surface area contributed by atoms with Gasteiger partial charge in [-0.15, -0.1) is 0 Å². The van der Waals surface area contributed by atoms with Crippen molar-refractivity contribution in [3.8, 4) is 11.5 Å². The zero-order chi connectivity index (χ0) is 19.4. The molecule has 2 saturated heterocycles. The summed E-state index contributed by atoms with van der Waals surface area (Å²) in [7, 11) is 0. The third-order valence-electron chi connectivity index (χ3n) is 5.91. The molecular formula is C21H21N3O5. The quantitative estimate of drug-likeness (QED) is 0.694. The van der Waals surface area contributed by atoms with E-state index in [2.05, 4.69) is 10.3 Å². The molecule has 4 heterocycles. The van der Waals surface area contributed by atoms with E-state index in [1.807, 2.05) is 47.0 Å². The lowest BCUT2D eigenvalue weighted by molar-refractivity contribution is -0.164. The minimum Gasteiger partial charge on any atom is -0.454 e. The van der Waals surface area contributed by atoms with Gasteiger partial charge in [-0.05, 0) is 29.8 Å². The van der Waals surface area contributed by atoms with Gasteiger partial charge < -0.3 is 33.9 Å². The largest absolute Gasteiger partial charge is 0.454 e. The molecule has 2 N–H and O–H groups in total. The molecule has 3 aliphatic heterocycles. The molecular weight excluding hydrogens is 374 g/mol. The summed E-state index contributed by atoms with van der Waals surface area (Å²) < 4.78 is 24.7. The Kier molecular flexibility index (Phi) is 3.98. The topological polar surface area (TPSA) is 87.0 Å². The fraction of sp³-hybridized carbons (Fsp3) is 0.381. The van der Waals surface area contributed by atoms with Crippen molar-refractivity contribution in [1.82, 2.24) is 14.9 Å². The van der Waals surface area contributed by atoms with Crippen LogP contribution in [0.15, 0.2) is 48.8 Å². The second-order valence-electron chi connectivity index (χ2n) is 7.59. The van der Waals surface area contributed by atoms with E-state index in [-0.39, 0.29) is 25.0 Å². The molecule has 5 atom stereocenters. The SMILES string of the molecule is O[C@H]1[C@H](NCc2ccc3c(c2)OCO3)[C@H]2CO[C@H](O2)[C@@H]1n1cnc2ccccc21. The van der Waals surface area contributed by atoms with Crippen LogP contribution >= 0.6 is 0 Å². The number of hydrogen-bond acceptors (Lipinski definition) is 7. The van der Waals surface area contributed by atoms with Crippen molar-refractivity contribution in [3.05, 3.63) is 54.4 Å². The van der Waals surface area contributed by atoms with E-state index in [4.69, 9.17) is 18.9 Å². The molecule has 0 spiro atoms. The molecule has 2 fully saturated rings. The zero-order valence-electron chi connectivity index (χ0n) is 15.6. The molecule has 6 rings (SSSR count). The lowest BCUT2D eigenvalue weighted by Crippen LogP contribution is -2.57. The van der Waals surface area contributed by atoms with Crippen molar-refractivity contribution in [2.24, 2.45) is 0 Å². The van der Waals surface area contributed by atoms with Crippen LogP contribution in [-0.4, -0.2) is 52.6 Å². The molecule has 1 aromatic heterocycles. The first kappa shape index (κ1) is 17.2. The van der Waals surface area contributed by atoms with Gasteiger partial charge in [-0.3, -0.25) is 0 Å². The van der Waals surface area contributed by atoms with Crippen molar-refractivity contribution < 1.29 is 24.1 Å². The van der Waals surface area contributed by atoms with Crippen molar-refractivity contribution in [1.29, 1.82) is 0 Å². The summed E-state index contributed by atoms with van der Waals surface area (Å²) >= 11 is 0. The number of rotatable bonds is 4. The highest BCUT2D eigenvalue weighted by atomic mass is 16.7.